The maximum Gasteiger partial charge on any atom is 0.228 e. The number of aryl methyl sites for hydroxylation is 1. The number of nitrogens with one attached hydrogen (secondary N) is 1. The third-order valence-corrected chi connectivity index (χ3v) is 7.15. The molecule has 1 saturated heterocycles. The van der Waals surface area contributed by atoms with Crippen molar-refractivity contribution in [1.29, 1.82) is 0 Å². The number of aromatic nitrogens is 1. The number of piperidine rings is 1. The summed E-state index contributed by atoms with van der Waals surface area (Å²) in [7, 11) is 3.21. The molecule has 0 radical (unpaired) electrons. The third kappa shape index (κ3) is 6.60. The van der Waals surface area contributed by atoms with Gasteiger partial charge in [0.05, 0.1) is 26.3 Å². The monoisotopic (exact) mass is 493 g/mol. The number of thiazole rings is 1. The number of ether oxygens (including phenoxy) is 2. The summed E-state index contributed by atoms with van der Waals surface area (Å²) in [5.41, 5.74) is 2.86. The van der Waals surface area contributed by atoms with Gasteiger partial charge in [0.1, 0.15) is 5.01 Å². The summed E-state index contributed by atoms with van der Waals surface area (Å²) >= 11 is 1.51. The Morgan fingerprint density at radius 2 is 1.80 bits per heavy atom. The predicted molar refractivity (Wildman–Crippen MR) is 137 cm³/mol. The van der Waals surface area contributed by atoms with Crippen LogP contribution in [0.1, 0.15) is 30.5 Å². The fraction of sp³-hybridized carbons (Fsp3) is 0.370. The van der Waals surface area contributed by atoms with Gasteiger partial charge in [0.25, 0.3) is 0 Å². The van der Waals surface area contributed by atoms with Crippen molar-refractivity contribution in [3.8, 4) is 22.1 Å². The highest BCUT2D eigenvalue weighted by Gasteiger charge is 2.24. The first-order valence-corrected chi connectivity index (χ1v) is 12.7. The molecule has 2 aromatic carbocycles. The molecule has 1 fully saturated rings. The number of benzene rings is 2. The molecule has 0 aliphatic carbocycles. The fourth-order valence-electron chi connectivity index (χ4n) is 4.23. The van der Waals surface area contributed by atoms with E-state index < -0.39 is 0 Å². The minimum absolute atomic E-state index is 0.0722. The number of carbonyl (C=O) groups excluding carboxylic acids is 2. The van der Waals surface area contributed by atoms with Crippen molar-refractivity contribution in [1.82, 2.24) is 15.2 Å². The Morgan fingerprint density at radius 3 is 2.51 bits per heavy atom. The van der Waals surface area contributed by atoms with Crippen molar-refractivity contribution < 1.29 is 19.1 Å². The van der Waals surface area contributed by atoms with E-state index in [-0.39, 0.29) is 24.3 Å². The van der Waals surface area contributed by atoms with Gasteiger partial charge in [0.15, 0.2) is 11.5 Å². The Morgan fingerprint density at radius 1 is 1.06 bits per heavy atom. The average molecular weight is 494 g/mol. The van der Waals surface area contributed by atoms with Crippen LogP contribution in [0.25, 0.3) is 10.6 Å². The molecule has 7 nitrogen and oxygen atoms in total. The molecule has 1 N–H and O–H groups in total. The lowest BCUT2D eigenvalue weighted by Gasteiger charge is -2.32. The van der Waals surface area contributed by atoms with Crippen molar-refractivity contribution in [2.45, 2.75) is 38.1 Å². The molecule has 3 aromatic rings. The van der Waals surface area contributed by atoms with E-state index in [0.717, 1.165) is 35.5 Å². The molecule has 2 heterocycles. The lowest BCUT2D eigenvalue weighted by atomic mass is 10.0. The minimum atomic E-state index is 0.0722. The second kappa shape index (κ2) is 11.8. The van der Waals surface area contributed by atoms with E-state index in [1.54, 1.807) is 14.2 Å². The van der Waals surface area contributed by atoms with E-state index >= 15 is 0 Å². The van der Waals surface area contributed by atoms with Crippen LogP contribution in [0.15, 0.2) is 53.9 Å². The fourth-order valence-corrected chi connectivity index (χ4v) is 5.05. The van der Waals surface area contributed by atoms with Crippen LogP contribution >= 0.6 is 11.3 Å². The summed E-state index contributed by atoms with van der Waals surface area (Å²) in [6, 6.07) is 15.8. The second-order valence-electron chi connectivity index (χ2n) is 8.60. The van der Waals surface area contributed by atoms with Gasteiger partial charge in [-0.3, -0.25) is 9.59 Å². The summed E-state index contributed by atoms with van der Waals surface area (Å²) < 4.78 is 10.7. The molecule has 0 atom stereocenters. The first kappa shape index (κ1) is 24.7. The van der Waals surface area contributed by atoms with Gasteiger partial charge in [-0.05, 0) is 43.0 Å². The topological polar surface area (TPSA) is 80.8 Å². The summed E-state index contributed by atoms with van der Waals surface area (Å²) in [5, 5.41) is 5.90. The normalized spacial score (nSPS) is 13.9. The molecule has 35 heavy (non-hydrogen) atoms. The quantitative estimate of drug-likeness (QED) is 0.485. The van der Waals surface area contributed by atoms with E-state index in [1.807, 2.05) is 58.8 Å². The maximum absolute atomic E-state index is 12.9. The molecule has 4 rings (SSSR count). The van der Waals surface area contributed by atoms with Crippen molar-refractivity contribution >= 4 is 23.2 Å². The standard InChI is InChI=1S/C27H31N3O4S/c1-33-23-10-9-20(16-24(23)34-2)27-29-22(18-35-27)17-26(32)30-14-12-21(13-15-30)28-25(31)11-8-19-6-4-3-5-7-19/h3-7,9-10,16,18,21H,8,11-15,17H2,1-2H3,(H,28,31). The lowest BCUT2D eigenvalue weighted by molar-refractivity contribution is -0.131. The highest BCUT2D eigenvalue weighted by atomic mass is 32.1. The third-order valence-electron chi connectivity index (χ3n) is 6.21. The molecule has 0 unspecified atom stereocenters. The van der Waals surface area contributed by atoms with Crippen LogP contribution in [0.2, 0.25) is 0 Å². The zero-order valence-electron chi connectivity index (χ0n) is 20.2. The molecule has 1 aromatic heterocycles. The van der Waals surface area contributed by atoms with E-state index in [4.69, 9.17) is 9.47 Å². The number of hydrogen-bond donors (Lipinski definition) is 1. The number of carbonyl (C=O) groups is 2. The Hall–Kier alpha value is -3.39. The molecule has 1 aliphatic heterocycles. The smallest absolute Gasteiger partial charge is 0.228 e. The van der Waals surface area contributed by atoms with Crippen LogP contribution in [0.4, 0.5) is 0 Å². The number of nitrogens with zero attached hydrogens (tertiary/aromatic N) is 2. The zero-order chi connectivity index (χ0) is 24.6. The molecule has 0 bridgehead atoms. The Labute approximate surface area is 210 Å². The second-order valence-corrected chi connectivity index (χ2v) is 9.46. The van der Waals surface area contributed by atoms with Crippen LogP contribution in [-0.2, 0) is 22.4 Å². The van der Waals surface area contributed by atoms with Gasteiger partial charge >= 0.3 is 0 Å². The van der Waals surface area contributed by atoms with Crippen molar-refractivity contribution in [2.24, 2.45) is 0 Å². The summed E-state index contributed by atoms with van der Waals surface area (Å²) in [6.07, 6.45) is 3.05. The van der Waals surface area contributed by atoms with Gasteiger partial charge in [-0.2, -0.15) is 0 Å². The Balaban J connectivity index is 1.24. The molecule has 8 heteroatoms. The molecular weight excluding hydrogens is 462 g/mol. The predicted octanol–water partition coefficient (Wildman–Crippen LogP) is 4.11. The number of rotatable bonds is 9. The highest BCUT2D eigenvalue weighted by molar-refractivity contribution is 7.13. The van der Waals surface area contributed by atoms with Crippen LogP contribution < -0.4 is 14.8 Å². The van der Waals surface area contributed by atoms with E-state index in [1.165, 1.54) is 16.9 Å². The van der Waals surface area contributed by atoms with Gasteiger partial charge in [-0.1, -0.05) is 30.3 Å². The molecule has 0 spiro atoms. The Kier molecular flexibility index (Phi) is 8.36. The van der Waals surface area contributed by atoms with Crippen LogP contribution in [-0.4, -0.2) is 55.0 Å². The number of amides is 2. The number of likely N-dealkylation sites (tertiary alicyclic amines) is 1. The number of methoxy groups -OCH3 is 2. The van der Waals surface area contributed by atoms with Gasteiger partial charge < -0.3 is 19.7 Å². The van der Waals surface area contributed by atoms with Crippen molar-refractivity contribution in [3.63, 3.8) is 0 Å². The van der Waals surface area contributed by atoms with Crippen molar-refractivity contribution in [2.75, 3.05) is 27.3 Å². The highest BCUT2D eigenvalue weighted by Crippen LogP contribution is 2.33. The van der Waals surface area contributed by atoms with E-state index in [0.29, 0.717) is 31.0 Å². The first-order valence-electron chi connectivity index (χ1n) is 11.8. The largest absolute Gasteiger partial charge is 0.493 e. The van der Waals surface area contributed by atoms with Gasteiger partial charge in [-0.25, -0.2) is 4.98 Å². The van der Waals surface area contributed by atoms with Gasteiger partial charge in [0, 0.05) is 36.5 Å². The molecule has 1 aliphatic rings. The van der Waals surface area contributed by atoms with E-state index in [9.17, 15) is 9.59 Å². The first-order chi connectivity index (χ1) is 17.1. The summed E-state index contributed by atoms with van der Waals surface area (Å²) in [6.45, 7) is 1.30. The van der Waals surface area contributed by atoms with Crippen LogP contribution in [0.3, 0.4) is 0 Å². The Bertz CT molecular complexity index is 1140. The lowest BCUT2D eigenvalue weighted by Crippen LogP contribution is -2.47. The van der Waals surface area contributed by atoms with Gasteiger partial charge in [-0.15, -0.1) is 11.3 Å². The van der Waals surface area contributed by atoms with Crippen LogP contribution in [0, 0.1) is 0 Å². The van der Waals surface area contributed by atoms with E-state index in [2.05, 4.69) is 10.3 Å². The summed E-state index contributed by atoms with van der Waals surface area (Å²) in [4.78, 5) is 31.7. The van der Waals surface area contributed by atoms with Crippen LogP contribution in [0.5, 0.6) is 11.5 Å². The SMILES string of the molecule is COc1ccc(-c2nc(CC(=O)N3CCC(NC(=O)CCc4ccccc4)CC3)cs2)cc1OC. The zero-order valence-corrected chi connectivity index (χ0v) is 21.0. The number of hydrogen-bond acceptors (Lipinski definition) is 6. The maximum atomic E-state index is 12.9. The molecular formula is C27H31N3O4S. The molecule has 184 valence electrons. The molecule has 2 amide bonds. The van der Waals surface area contributed by atoms with Crippen molar-refractivity contribution in [3.05, 3.63) is 65.2 Å². The van der Waals surface area contributed by atoms with Gasteiger partial charge in [0.2, 0.25) is 11.8 Å². The minimum Gasteiger partial charge on any atom is -0.493 e. The summed E-state index contributed by atoms with van der Waals surface area (Å²) in [5.74, 6) is 1.46. The molecule has 0 saturated carbocycles. The average Bonchev–Trinajstić information content (AvgIpc) is 3.36.